The van der Waals surface area contributed by atoms with Gasteiger partial charge in [-0.15, -0.1) is 11.3 Å². The van der Waals surface area contributed by atoms with Gasteiger partial charge in [0.2, 0.25) is 0 Å². The minimum atomic E-state index is -1.08. The van der Waals surface area contributed by atoms with Crippen LogP contribution in [0.2, 0.25) is 0 Å². The number of hydrogen-bond acceptors (Lipinski definition) is 3. The van der Waals surface area contributed by atoms with Crippen LogP contribution in [0.5, 0.6) is 5.75 Å². The van der Waals surface area contributed by atoms with Crippen molar-refractivity contribution in [1.82, 2.24) is 0 Å². The molecule has 0 fully saturated rings. The highest BCUT2D eigenvalue weighted by Crippen LogP contribution is 2.30. The molecule has 0 saturated heterocycles. The van der Waals surface area contributed by atoms with E-state index in [1.807, 2.05) is 6.92 Å². The molecule has 20 heavy (non-hydrogen) atoms. The van der Waals surface area contributed by atoms with Crippen LogP contribution in [0.3, 0.4) is 0 Å². The van der Waals surface area contributed by atoms with Gasteiger partial charge in [-0.3, -0.25) is 0 Å². The number of carboxylic acid groups (broad SMARTS) is 1. The Morgan fingerprint density at radius 2 is 2.10 bits per heavy atom. The van der Waals surface area contributed by atoms with Gasteiger partial charge in [-0.2, -0.15) is 0 Å². The Balaban J connectivity index is 2.18. The molecule has 1 aromatic heterocycles. The van der Waals surface area contributed by atoms with E-state index < -0.39 is 17.6 Å². The summed E-state index contributed by atoms with van der Waals surface area (Å²) in [6.07, 6.45) is 0.694. The van der Waals surface area contributed by atoms with Gasteiger partial charge in [0.25, 0.3) is 0 Å². The highest BCUT2D eigenvalue weighted by Gasteiger charge is 2.16. The van der Waals surface area contributed by atoms with Crippen molar-refractivity contribution in [3.05, 3.63) is 51.2 Å². The number of rotatable bonds is 5. The van der Waals surface area contributed by atoms with Crippen molar-refractivity contribution in [1.29, 1.82) is 0 Å². The second kappa shape index (κ2) is 6.00. The molecule has 1 heterocycles. The van der Waals surface area contributed by atoms with Crippen LogP contribution in [0.25, 0.3) is 0 Å². The molecule has 1 N–H and O–H groups in total. The number of ether oxygens (including phenoxy) is 1. The van der Waals surface area contributed by atoms with E-state index in [9.17, 15) is 13.6 Å². The van der Waals surface area contributed by atoms with Gasteiger partial charge in [-0.05, 0) is 24.6 Å². The predicted molar refractivity (Wildman–Crippen MR) is 71.3 cm³/mol. The first kappa shape index (κ1) is 14.5. The average Bonchev–Trinajstić information content (AvgIpc) is 2.81. The van der Waals surface area contributed by atoms with Crippen molar-refractivity contribution in [3.8, 4) is 5.75 Å². The molecule has 0 bridgehead atoms. The first-order valence-electron chi connectivity index (χ1n) is 5.94. The van der Waals surface area contributed by atoms with E-state index in [0.717, 1.165) is 28.3 Å². The summed E-state index contributed by atoms with van der Waals surface area (Å²) in [7, 11) is 0. The highest BCUT2D eigenvalue weighted by atomic mass is 32.1. The summed E-state index contributed by atoms with van der Waals surface area (Å²) in [5, 5.41) is 9.07. The van der Waals surface area contributed by atoms with Crippen molar-refractivity contribution in [2.45, 2.75) is 20.0 Å². The van der Waals surface area contributed by atoms with Gasteiger partial charge in [0.15, 0.2) is 4.88 Å². The number of hydrogen-bond donors (Lipinski definition) is 1. The van der Waals surface area contributed by atoms with Gasteiger partial charge >= 0.3 is 5.97 Å². The maximum Gasteiger partial charge on any atom is 0.349 e. The van der Waals surface area contributed by atoms with Crippen molar-refractivity contribution < 1.29 is 23.4 Å². The number of benzene rings is 1. The van der Waals surface area contributed by atoms with Crippen LogP contribution >= 0.6 is 11.3 Å². The fraction of sp³-hybridized carbons (Fsp3) is 0.214. The summed E-state index contributed by atoms with van der Waals surface area (Å²) in [6.45, 7) is 1.76. The molecule has 0 aliphatic heterocycles. The van der Waals surface area contributed by atoms with Crippen LogP contribution in [0.15, 0.2) is 24.3 Å². The SMILES string of the molecule is CCc1cc(OCc2ccc(F)cc2F)c(C(=O)O)s1. The van der Waals surface area contributed by atoms with E-state index in [2.05, 4.69) is 0 Å². The Morgan fingerprint density at radius 3 is 2.70 bits per heavy atom. The maximum absolute atomic E-state index is 13.4. The molecule has 0 atom stereocenters. The lowest BCUT2D eigenvalue weighted by Gasteiger charge is -2.06. The standard InChI is InChI=1S/C14H12F2O3S/c1-2-10-6-12(13(20-10)14(17)18)19-7-8-3-4-9(15)5-11(8)16/h3-6H,2,7H2,1H3,(H,17,18). The topological polar surface area (TPSA) is 46.5 Å². The number of thiophene rings is 1. The van der Waals surface area contributed by atoms with E-state index in [1.54, 1.807) is 6.07 Å². The van der Waals surface area contributed by atoms with Crippen LogP contribution in [0.1, 0.15) is 27.0 Å². The molecule has 0 amide bonds. The lowest BCUT2D eigenvalue weighted by Crippen LogP contribution is -2.02. The second-order valence-corrected chi connectivity index (χ2v) is 5.23. The number of carboxylic acids is 1. The van der Waals surface area contributed by atoms with Gasteiger partial charge in [0.1, 0.15) is 24.0 Å². The molecule has 2 rings (SSSR count). The van der Waals surface area contributed by atoms with Gasteiger partial charge in [-0.1, -0.05) is 6.92 Å². The first-order valence-corrected chi connectivity index (χ1v) is 6.75. The predicted octanol–water partition coefficient (Wildman–Crippen LogP) is 3.87. The fourth-order valence-corrected chi connectivity index (χ4v) is 2.53. The van der Waals surface area contributed by atoms with E-state index in [4.69, 9.17) is 9.84 Å². The van der Waals surface area contributed by atoms with Crippen LogP contribution in [-0.2, 0) is 13.0 Å². The molecule has 6 heteroatoms. The molecule has 0 aliphatic carbocycles. The monoisotopic (exact) mass is 298 g/mol. The third-order valence-corrected chi connectivity index (χ3v) is 3.94. The average molecular weight is 298 g/mol. The van der Waals surface area contributed by atoms with E-state index in [-0.39, 0.29) is 22.8 Å². The molecular weight excluding hydrogens is 286 g/mol. The summed E-state index contributed by atoms with van der Waals surface area (Å²) < 4.78 is 31.6. The summed E-state index contributed by atoms with van der Waals surface area (Å²) in [5.74, 6) is -2.25. The quantitative estimate of drug-likeness (QED) is 0.911. The second-order valence-electron chi connectivity index (χ2n) is 4.09. The summed E-state index contributed by atoms with van der Waals surface area (Å²) in [5.41, 5.74) is 0.173. The van der Waals surface area contributed by atoms with Crippen LogP contribution in [-0.4, -0.2) is 11.1 Å². The summed E-state index contributed by atoms with van der Waals surface area (Å²) >= 11 is 1.13. The van der Waals surface area contributed by atoms with Crippen molar-refractivity contribution in [2.24, 2.45) is 0 Å². The summed E-state index contributed by atoms with van der Waals surface area (Å²) in [4.78, 5) is 12.0. The molecule has 0 saturated carbocycles. The zero-order valence-electron chi connectivity index (χ0n) is 10.7. The number of carbonyl (C=O) groups is 1. The largest absolute Gasteiger partial charge is 0.487 e. The molecular formula is C14H12F2O3S. The number of aryl methyl sites for hydroxylation is 1. The lowest BCUT2D eigenvalue weighted by molar-refractivity contribution is 0.0697. The normalized spacial score (nSPS) is 10.6. The van der Waals surface area contributed by atoms with Crippen molar-refractivity contribution in [3.63, 3.8) is 0 Å². The van der Waals surface area contributed by atoms with Crippen LogP contribution in [0.4, 0.5) is 8.78 Å². The molecule has 3 nitrogen and oxygen atoms in total. The van der Waals surface area contributed by atoms with Gasteiger partial charge in [0.05, 0.1) is 0 Å². The Hall–Kier alpha value is -1.95. The maximum atomic E-state index is 13.4. The zero-order valence-corrected chi connectivity index (χ0v) is 11.5. The minimum absolute atomic E-state index is 0.0874. The van der Waals surface area contributed by atoms with Gasteiger partial charge in [-0.25, -0.2) is 13.6 Å². The molecule has 0 aliphatic rings. The highest BCUT2D eigenvalue weighted by molar-refractivity contribution is 7.14. The number of halogens is 2. The Bertz CT molecular complexity index is 637. The Morgan fingerprint density at radius 1 is 1.35 bits per heavy atom. The minimum Gasteiger partial charge on any atom is -0.487 e. The van der Waals surface area contributed by atoms with E-state index >= 15 is 0 Å². The van der Waals surface area contributed by atoms with Gasteiger partial charge in [0, 0.05) is 16.5 Å². The lowest BCUT2D eigenvalue weighted by atomic mass is 10.2. The third-order valence-electron chi connectivity index (χ3n) is 2.69. The molecule has 0 spiro atoms. The van der Waals surface area contributed by atoms with Crippen LogP contribution < -0.4 is 4.74 Å². The third kappa shape index (κ3) is 3.14. The van der Waals surface area contributed by atoms with E-state index in [0.29, 0.717) is 6.42 Å². The molecule has 1 aromatic carbocycles. The van der Waals surface area contributed by atoms with E-state index in [1.165, 1.54) is 6.07 Å². The molecule has 106 valence electrons. The Kier molecular flexibility index (Phi) is 4.34. The summed E-state index contributed by atoms with van der Waals surface area (Å²) in [6, 6.07) is 4.81. The zero-order chi connectivity index (χ0) is 14.7. The van der Waals surface area contributed by atoms with Crippen molar-refractivity contribution >= 4 is 17.3 Å². The molecule has 2 aromatic rings. The Labute approximate surface area is 118 Å². The van der Waals surface area contributed by atoms with Crippen LogP contribution in [0, 0.1) is 11.6 Å². The first-order chi connectivity index (χ1) is 9.51. The molecule has 0 unspecified atom stereocenters. The van der Waals surface area contributed by atoms with Crippen molar-refractivity contribution in [2.75, 3.05) is 0 Å². The number of aromatic carboxylic acids is 1. The fourth-order valence-electron chi connectivity index (χ4n) is 1.65. The van der Waals surface area contributed by atoms with Gasteiger partial charge < -0.3 is 9.84 Å². The molecule has 0 radical (unpaired) electrons. The smallest absolute Gasteiger partial charge is 0.349 e.